The molecule has 4 heteroatoms. The SMILES string of the molecule is CCOC(=O)C[C@@H](N)c1c(C)c(C)c(C)c(C)c1C.Cl. The van der Waals surface area contributed by atoms with Crippen molar-refractivity contribution in [3.63, 3.8) is 0 Å². The predicted octanol–water partition coefficient (Wildman–Crippen LogP) is 3.60. The number of carbonyl (C=O) groups is 1. The lowest BCUT2D eigenvalue weighted by Crippen LogP contribution is -2.20. The summed E-state index contributed by atoms with van der Waals surface area (Å²) in [5.41, 5.74) is 13.5. The number of hydrogen-bond donors (Lipinski definition) is 1. The van der Waals surface area contributed by atoms with Crippen LogP contribution in [0.3, 0.4) is 0 Å². The smallest absolute Gasteiger partial charge is 0.307 e. The zero-order valence-electron chi connectivity index (χ0n) is 13.3. The molecule has 1 atom stereocenters. The molecule has 3 nitrogen and oxygen atoms in total. The van der Waals surface area contributed by atoms with E-state index in [2.05, 4.69) is 34.6 Å². The fraction of sp³-hybridized carbons (Fsp3) is 0.562. The van der Waals surface area contributed by atoms with Crippen LogP contribution in [0.15, 0.2) is 0 Å². The quantitative estimate of drug-likeness (QED) is 0.864. The Morgan fingerprint density at radius 3 is 1.80 bits per heavy atom. The van der Waals surface area contributed by atoms with E-state index in [0.29, 0.717) is 6.61 Å². The molecule has 0 bridgehead atoms. The van der Waals surface area contributed by atoms with Crippen LogP contribution >= 0.6 is 12.4 Å². The van der Waals surface area contributed by atoms with Crippen molar-refractivity contribution < 1.29 is 9.53 Å². The van der Waals surface area contributed by atoms with E-state index in [1.165, 1.54) is 27.8 Å². The van der Waals surface area contributed by atoms with Crippen molar-refractivity contribution in [2.24, 2.45) is 5.73 Å². The fourth-order valence-electron chi connectivity index (χ4n) is 2.59. The van der Waals surface area contributed by atoms with Gasteiger partial charge < -0.3 is 10.5 Å². The van der Waals surface area contributed by atoms with E-state index < -0.39 is 0 Å². The van der Waals surface area contributed by atoms with E-state index in [-0.39, 0.29) is 30.8 Å². The van der Waals surface area contributed by atoms with Crippen molar-refractivity contribution >= 4 is 18.4 Å². The number of ether oxygens (including phenoxy) is 1. The summed E-state index contributed by atoms with van der Waals surface area (Å²) in [5, 5.41) is 0. The number of benzene rings is 1. The van der Waals surface area contributed by atoms with Crippen LogP contribution < -0.4 is 5.73 Å². The van der Waals surface area contributed by atoms with E-state index in [4.69, 9.17) is 10.5 Å². The maximum Gasteiger partial charge on any atom is 0.307 e. The summed E-state index contributed by atoms with van der Waals surface area (Å²) in [7, 11) is 0. The molecular weight excluding hydrogens is 274 g/mol. The van der Waals surface area contributed by atoms with Gasteiger partial charge in [0.1, 0.15) is 0 Å². The molecule has 0 amide bonds. The van der Waals surface area contributed by atoms with E-state index in [0.717, 1.165) is 5.56 Å². The zero-order valence-corrected chi connectivity index (χ0v) is 14.1. The lowest BCUT2D eigenvalue weighted by Gasteiger charge is -2.22. The Morgan fingerprint density at radius 1 is 1.00 bits per heavy atom. The Kier molecular flexibility index (Phi) is 7.25. The van der Waals surface area contributed by atoms with Gasteiger partial charge in [-0.05, 0) is 74.9 Å². The summed E-state index contributed by atoms with van der Waals surface area (Å²) >= 11 is 0. The first kappa shape index (κ1) is 18.9. The second-order valence-corrected chi connectivity index (χ2v) is 5.15. The highest BCUT2D eigenvalue weighted by atomic mass is 35.5. The van der Waals surface area contributed by atoms with Crippen LogP contribution in [-0.4, -0.2) is 12.6 Å². The minimum absolute atomic E-state index is 0. The van der Waals surface area contributed by atoms with E-state index >= 15 is 0 Å². The van der Waals surface area contributed by atoms with Crippen molar-refractivity contribution in [1.29, 1.82) is 0 Å². The molecule has 0 aliphatic rings. The van der Waals surface area contributed by atoms with Crippen LogP contribution in [-0.2, 0) is 9.53 Å². The van der Waals surface area contributed by atoms with Gasteiger partial charge in [0, 0.05) is 6.04 Å². The highest BCUT2D eigenvalue weighted by molar-refractivity contribution is 5.85. The summed E-state index contributed by atoms with van der Waals surface area (Å²) in [6.07, 6.45) is 0.234. The molecule has 0 saturated carbocycles. The molecule has 0 heterocycles. The van der Waals surface area contributed by atoms with Crippen LogP contribution in [0.5, 0.6) is 0 Å². The number of halogens is 1. The van der Waals surface area contributed by atoms with Crippen molar-refractivity contribution in [2.45, 2.75) is 54.0 Å². The molecule has 1 rings (SSSR count). The van der Waals surface area contributed by atoms with Gasteiger partial charge in [0.25, 0.3) is 0 Å². The van der Waals surface area contributed by atoms with Gasteiger partial charge in [-0.3, -0.25) is 4.79 Å². The van der Waals surface area contributed by atoms with Crippen molar-refractivity contribution in [3.8, 4) is 0 Å². The van der Waals surface area contributed by atoms with Gasteiger partial charge in [0.15, 0.2) is 0 Å². The number of carbonyl (C=O) groups excluding carboxylic acids is 1. The molecule has 20 heavy (non-hydrogen) atoms. The van der Waals surface area contributed by atoms with Gasteiger partial charge in [-0.2, -0.15) is 0 Å². The normalized spacial score (nSPS) is 11.8. The van der Waals surface area contributed by atoms with Gasteiger partial charge in [0.05, 0.1) is 13.0 Å². The number of hydrogen-bond acceptors (Lipinski definition) is 3. The summed E-state index contributed by atoms with van der Waals surface area (Å²) < 4.78 is 4.98. The molecule has 0 spiro atoms. The van der Waals surface area contributed by atoms with E-state index in [1.807, 2.05) is 0 Å². The lowest BCUT2D eigenvalue weighted by atomic mass is 9.85. The standard InChI is InChI=1S/C16H25NO2.ClH/c1-7-19-15(18)8-14(17)16-12(5)10(3)9(2)11(4)13(16)6;/h14H,7-8,17H2,1-6H3;1H/t14-;/m1./s1. The summed E-state index contributed by atoms with van der Waals surface area (Å²) in [6, 6.07) is -0.294. The molecule has 0 unspecified atom stereocenters. The van der Waals surface area contributed by atoms with Crippen LogP contribution in [0.2, 0.25) is 0 Å². The van der Waals surface area contributed by atoms with Crippen LogP contribution in [0.4, 0.5) is 0 Å². The molecule has 2 N–H and O–H groups in total. The van der Waals surface area contributed by atoms with E-state index in [1.54, 1.807) is 6.92 Å². The van der Waals surface area contributed by atoms with Crippen molar-refractivity contribution in [3.05, 3.63) is 33.4 Å². The third kappa shape index (κ3) is 3.74. The van der Waals surface area contributed by atoms with Crippen LogP contribution in [0.1, 0.15) is 52.8 Å². The number of nitrogens with two attached hydrogens (primary N) is 1. The topological polar surface area (TPSA) is 52.3 Å². The Bertz CT molecular complexity index is 469. The molecule has 1 aromatic rings. The Labute approximate surface area is 128 Å². The first-order valence-corrected chi connectivity index (χ1v) is 6.79. The molecule has 0 fully saturated rings. The lowest BCUT2D eigenvalue weighted by molar-refractivity contribution is -0.143. The predicted molar refractivity (Wildman–Crippen MR) is 85.6 cm³/mol. The van der Waals surface area contributed by atoms with Crippen LogP contribution in [0.25, 0.3) is 0 Å². The highest BCUT2D eigenvalue weighted by Crippen LogP contribution is 2.30. The molecule has 0 aliphatic heterocycles. The second kappa shape index (κ2) is 7.65. The Hall–Kier alpha value is -1.06. The Balaban J connectivity index is 0.00000361. The van der Waals surface area contributed by atoms with Gasteiger partial charge in [-0.1, -0.05) is 0 Å². The van der Waals surface area contributed by atoms with Crippen LogP contribution in [0, 0.1) is 34.6 Å². The molecule has 0 aromatic heterocycles. The van der Waals surface area contributed by atoms with Gasteiger partial charge in [0.2, 0.25) is 0 Å². The third-order valence-electron chi connectivity index (χ3n) is 4.12. The van der Waals surface area contributed by atoms with Gasteiger partial charge in [-0.15, -0.1) is 12.4 Å². The minimum Gasteiger partial charge on any atom is -0.466 e. The zero-order chi connectivity index (χ0) is 14.7. The third-order valence-corrected chi connectivity index (χ3v) is 4.12. The van der Waals surface area contributed by atoms with Crippen molar-refractivity contribution in [1.82, 2.24) is 0 Å². The number of esters is 1. The summed E-state index contributed by atoms with van der Waals surface area (Å²) in [5.74, 6) is -0.232. The summed E-state index contributed by atoms with van der Waals surface area (Å²) in [4.78, 5) is 11.6. The highest BCUT2D eigenvalue weighted by Gasteiger charge is 2.20. The molecule has 0 aliphatic carbocycles. The molecular formula is C16H26ClNO2. The maximum atomic E-state index is 11.6. The van der Waals surface area contributed by atoms with Crippen molar-refractivity contribution in [2.75, 3.05) is 6.61 Å². The average molecular weight is 300 g/mol. The first-order chi connectivity index (χ1) is 8.81. The average Bonchev–Trinajstić information content (AvgIpc) is 2.34. The number of rotatable bonds is 4. The minimum atomic E-state index is -0.294. The molecule has 114 valence electrons. The second-order valence-electron chi connectivity index (χ2n) is 5.15. The fourth-order valence-corrected chi connectivity index (χ4v) is 2.59. The van der Waals surface area contributed by atoms with E-state index in [9.17, 15) is 4.79 Å². The Morgan fingerprint density at radius 2 is 1.40 bits per heavy atom. The molecule has 0 saturated heterocycles. The molecule has 1 aromatic carbocycles. The van der Waals surface area contributed by atoms with Gasteiger partial charge in [-0.25, -0.2) is 0 Å². The summed E-state index contributed by atoms with van der Waals surface area (Å²) in [6.45, 7) is 12.7. The maximum absolute atomic E-state index is 11.6. The molecule has 0 radical (unpaired) electrons. The monoisotopic (exact) mass is 299 g/mol. The first-order valence-electron chi connectivity index (χ1n) is 6.79. The van der Waals surface area contributed by atoms with Gasteiger partial charge >= 0.3 is 5.97 Å². The largest absolute Gasteiger partial charge is 0.466 e.